The van der Waals surface area contributed by atoms with Crippen LogP contribution in [0.2, 0.25) is 0 Å². The molecule has 2 saturated heterocycles. The summed E-state index contributed by atoms with van der Waals surface area (Å²) >= 11 is 0. The predicted octanol–water partition coefficient (Wildman–Crippen LogP) is 1.35. The van der Waals surface area contributed by atoms with Crippen LogP contribution in [-0.4, -0.2) is 72.4 Å². The second kappa shape index (κ2) is 10.1. The van der Waals surface area contributed by atoms with E-state index >= 15 is 0 Å². The molecule has 4 rings (SSSR count). The lowest BCUT2D eigenvalue weighted by atomic mass is 10.2. The predicted molar refractivity (Wildman–Crippen MR) is 115 cm³/mol. The fourth-order valence-corrected chi connectivity index (χ4v) is 3.80. The first-order valence-electron chi connectivity index (χ1n) is 10.0. The van der Waals surface area contributed by atoms with Crippen molar-refractivity contribution in [1.82, 2.24) is 20.0 Å². The number of hydrazine groups is 2. The van der Waals surface area contributed by atoms with E-state index in [0.29, 0.717) is 12.1 Å². The highest BCUT2D eigenvalue weighted by molar-refractivity contribution is 5.15. The molecule has 6 nitrogen and oxygen atoms in total. The highest BCUT2D eigenvalue weighted by Crippen LogP contribution is 2.13. The van der Waals surface area contributed by atoms with E-state index in [2.05, 4.69) is 82.7 Å². The third-order valence-corrected chi connectivity index (χ3v) is 5.27. The Kier molecular flexibility index (Phi) is 7.56. The molecule has 4 N–H and O–H groups in total. The second-order valence-electron chi connectivity index (χ2n) is 7.87. The summed E-state index contributed by atoms with van der Waals surface area (Å²) in [5.41, 5.74) is 14.5. The number of hydrogen-bond donors (Lipinski definition) is 2. The SMILES string of the molecule is CN1CC(N)CN1Cc1ccccc1.CN1CC(N)CN1Cc1ccccc1. The fourth-order valence-electron chi connectivity index (χ4n) is 3.80. The second-order valence-corrected chi connectivity index (χ2v) is 7.87. The number of benzene rings is 2. The zero-order valence-corrected chi connectivity index (χ0v) is 17.1. The van der Waals surface area contributed by atoms with E-state index in [4.69, 9.17) is 11.5 Å². The van der Waals surface area contributed by atoms with Gasteiger partial charge in [0.25, 0.3) is 0 Å². The monoisotopic (exact) mass is 382 g/mol. The van der Waals surface area contributed by atoms with E-state index < -0.39 is 0 Å². The molecule has 2 unspecified atom stereocenters. The van der Waals surface area contributed by atoms with Crippen LogP contribution < -0.4 is 11.5 Å². The standard InChI is InChI=1S/2C11H17N3/c2*1-13-8-11(12)9-14(13)7-10-5-3-2-4-6-10/h2*2-6,11H,7-9,12H2,1H3. The number of nitrogens with zero attached hydrogens (tertiary/aromatic N) is 4. The fraction of sp³-hybridized carbons (Fsp3) is 0.455. The molecular formula is C22H34N6. The Bertz CT molecular complexity index is 633. The summed E-state index contributed by atoms with van der Waals surface area (Å²) in [6.07, 6.45) is 0. The summed E-state index contributed by atoms with van der Waals surface area (Å²) in [5.74, 6) is 0. The number of nitrogens with two attached hydrogens (primary N) is 2. The number of hydrogen-bond acceptors (Lipinski definition) is 6. The van der Waals surface area contributed by atoms with E-state index in [-0.39, 0.29) is 0 Å². The Labute approximate surface area is 169 Å². The lowest BCUT2D eigenvalue weighted by Gasteiger charge is -2.23. The molecule has 2 fully saturated rings. The summed E-state index contributed by atoms with van der Waals surface area (Å²) in [4.78, 5) is 0. The van der Waals surface area contributed by atoms with Crippen LogP contribution in [0.1, 0.15) is 11.1 Å². The van der Waals surface area contributed by atoms with Gasteiger partial charge in [0.15, 0.2) is 0 Å². The van der Waals surface area contributed by atoms with Gasteiger partial charge in [0.2, 0.25) is 0 Å². The minimum Gasteiger partial charge on any atom is -0.325 e. The van der Waals surface area contributed by atoms with Crippen molar-refractivity contribution in [2.24, 2.45) is 11.5 Å². The van der Waals surface area contributed by atoms with Crippen molar-refractivity contribution in [3.05, 3.63) is 71.8 Å². The van der Waals surface area contributed by atoms with Crippen LogP contribution in [0.25, 0.3) is 0 Å². The minimum absolute atomic E-state index is 0.295. The lowest BCUT2D eigenvalue weighted by molar-refractivity contribution is 0.0475. The molecule has 0 amide bonds. The molecule has 2 aliphatic rings. The van der Waals surface area contributed by atoms with Crippen LogP contribution in [0.15, 0.2) is 60.7 Å². The van der Waals surface area contributed by atoms with Crippen molar-refractivity contribution in [3.8, 4) is 0 Å². The largest absolute Gasteiger partial charge is 0.325 e. The van der Waals surface area contributed by atoms with Crippen LogP contribution in [0, 0.1) is 0 Å². The molecule has 0 saturated carbocycles. The maximum atomic E-state index is 5.89. The molecule has 0 aromatic heterocycles. The Balaban J connectivity index is 0.000000161. The van der Waals surface area contributed by atoms with Gasteiger partial charge in [-0.3, -0.25) is 0 Å². The lowest BCUT2D eigenvalue weighted by Crippen LogP contribution is -2.32. The Morgan fingerprint density at radius 2 is 1.00 bits per heavy atom. The molecular weight excluding hydrogens is 348 g/mol. The zero-order valence-electron chi connectivity index (χ0n) is 17.1. The molecule has 2 atom stereocenters. The van der Waals surface area contributed by atoms with Gasteiger partial charge < -0.3 is 11.5 Å². The molecule has 0 radical (unpaired) electrons. The van der Waals surface area contributed by atoms with Gasteiger partial charge in [-0.05, 0) is 11.1 Å². The highest BCUT2D eigenvalue weighted by Gasteiger charge is 2.24. The van der Waals surface area contributed by atoms with Gasteiger partial charge in [-0.25, -0.2) is 20.0 Å². The molecule has 2 heterocycles. The maximum Gasteiger partial charge on any atom is 0.0384 e. The quantitative estimate of drug-likeness (QED) is 0.832. The van der Waals surface area contributed by atoms with Gasteiger partial charge in [-0.15, -0.1) is 0 Å². The molecule has 2 aromatic carbocycles. The molecule has 6 heteroatoms. The van der Waals surface area contributed by atoms with Crippen molar-refractivity contribution in [3.63, 3.8) is 0 Å². The Hall–Kier alpha value is -1.80. The molecule has 0 aliphatic carbocycles. The highest BCUT2D eigenvalue weighted by atomic mass is 15.6. The van der Waals surface area contributed by atoms with Crippen molar-refractivity contribution in [2.75, 3.05) is 40.3 Å². The van der Waals surface area contributed by atoms with Crippen LogP contribution in [0.3, 0.4) is 0 Å². The smallest absolute Gasteiger partial charge is 0.0384 e. The third kappa shape index (κ3) is 6.10. The summed E-state index contributed by atoms with van der Waals surface area (Å²) in [7, 11) is 4.19. The summed E-state index contributed by atoms with van der Waals surface area (Å²) in [6.45, 7) is 5.78. The van der Waals surface area contributed by atoms with E-state index in [1.807, 2.05) is 12.1 Å². The minimum atomic E-state index is 0.295. The van der Waals surface area contributed by atoms with Gasteiger partial charge in [-0.1, -0.05) is 60.7 Å². The van der Waals surface area contributed by atoms with Gasteiger partial charge in [-0.2, -0.15) is 0 Å². The van der Waals surface area contributed by atoms with Crippen LogP contribution in [0.5, 0.6) is 0 Å². The van der Waals surface area contributed by atoms with Crippen molar-refractivity contribution in [2.45, 2.75) is 25.2 Å². The van der Waals surface area contributed by atoms with Gasteiger partial charge >= 0.3 is 0 Å². The third-order valence-electron chi connectivity index (χ3n) is 5.27. The maximum absolute atomic E-state index is 5.89. The molecule has 28 heavy (non-hydrogen) atoms. The van der Waals surface area contributed by atoms with E-state index in [1.54, 1.807) is 0 Å². The van der Waals surface area contributed by atoms with E-state index in [0.717, 1.165) is 39.3 Å². The van der Waals surface area contributed by atoms with Gasteiger partial charge in [0.05, 0.1) is 0 Å². The summed E-state index contributed by atoms with van der Waals surface area (Å²) in [5, 5.41) is 9.00. The van der Waals surface area contributed by atoms with Gasteiger partial charge in [0.1, 0.15) is 0 Å². The Morgan fingerprint density at radius 3 is 1.29 bits per heavy atom. The molecule has 0 spiro atoms. The van der Waals surface area contributed by atoms with Crippen molar-refractivity contribution in [1.29, 1.82) is 0 Å². The van der Waals surface area contributed by atoms with Gasteiger partial charge in [0, 0.05) is 65.4 Å². The molecule has 2 aromatic rings. The van der Waals surface area contributed by atoms with Crippen LogP contribution in [0.4, 0.5) is 0 Å². The summed E-state index contributed by atoms with van der Waals surface area (Å²) < 4.78 is 0. The van der Waals surface area contributed by atoms with E-state index in [9.17, 15) is 0 Å². The normalized spacial score (nSPS) is 24.3. The van der Waals surface area contributed by atoms with Crippen LogP contribution in [-0.2, 0) is 13.1 Å². The summed E-state index contributed by atoms with van der Waals surface area (Å²) in [6, 6.07) is 21.6. The average molecular weight is 383 g/mol. The number of rotatable bonds is 4. The first-order valence-corrected chi connectivity index (χ1v) is 10.0. The first kappa shape index (κ1) is 20.9. The topological polar surface area (TPSA) is 65.0 Å². The average Bonchev–Trinajstić information content (AvgIpc) is 3.17. The first-order chi connectivity index (χ1) is 13.5. The van der Waals surface area contributed by atoms with Crippen LogP contribution >= 0.6 is 0 Å². The van der Waals surface area contributed by atoms with E-state index in [1.165, 1.54) is 11.1 Å². The van der Waals surface area contributed by atoms with Crippen molar-refractivity contribution < 1.29 is 0 Å². The van der Waals surface area contributed by atoms with Crippen molar-refractivity contribution >= 4 is 0 Å². The zero-order chi connectivity index (χ0) is 19.9. The number of likely N-dealkylation sites (N-methyl/N-ethyl adjacent to an activating group) is 2. The molecule has 0 bridgehead atoms. The molecule has 2 aliphatic heterocycles. The Morgan fingerprint density at radius 1 is 0.643 bits per heavy atom. The molecule has 152 valence electrons.